The first-order valence-electron chi connectivity index (χ1n) is 11.2. The zero-order chi connectivity index (χ0) is 23.0. The maximum Gasteiger partial charge on any atom is 0.321 e. The van der Waals surface area contributed by atoms with Crippen LogP contribution in [0.25, 0.3) is 6.08 Å². The molecular weight excluding hydrogens is 417 g/mol. The van der Waals surface area contributed by atoms with Gasteiger partial charge in [-0.2, -0.15) is 0 Å². The number of piperidine rings is 1. The predicted molar refractivity (Wildman–Crippen MR) is 129 cm³/mol. The molecule has 1 aromatic heterocycles. The number of aromatic nitrogens is 1. The van der Waals surface area contributed by atoms with Gasteiger partial charge < -0.3 is 15.0 Å². The number of carbonyl (C=O) groups excluding carboxylic acids is 1. The molecule has 6 heteroatoms. The van der Waals surface area contributed by atoms with Crippen molar-refractivity contribution >= 4 is 17.8 Å². The van der Waals surface area contributed by atoms with Crippen molar-refractivity contribution in [3.05, 3.63) is 95.6 Å². The maximum atomic E-state index is 13.0. The summed E-state index contributed by atoms with van der Waals surface area (Å²) in [4.78, 5) is 18.5. The first-order valence-corrected chi connectivity index (χ1v) is 11.2. The van der Waals surface area contributed by atoms with E-state index in [2.05, 4.69) is 29.4 Å². The maximum absolute atomic E-state index is 13.0. The van der Waals surface area contributed by atoms with Crippen LogP contribution in [-0.2, 0) is 6.42 Å². The highest BCUT2D eigenvalue weighted by atomic mass is 19.1. The molecule has 3 aromatic rings. The van der Waals surface area contributed by atoms with Crippen LogP contribution in [-0.4, -0.2) is 35.6 Å². The number of nitrogens with zero attached hydrogens (tertiary/aromatic N) is 2. The average Bonchev–Trinajstić information content (AvgIpc) is 2.82. The lowest BCUT2D eigenvalue weighted by Crippen LogP contribution is -2.42. The third-order valence-corrected chi connectivity index (χ3v) is 5.78. The number of anilines is 1. The molecule has 4 rings (SSSR count). The molecule has 1 saturated heterocycles. The summed E-state index contributed by atoms with van der Waals surface area (Å²) in [6.07, 6.45) is 7.08. The minimum absolute atomic E-state index is 0.0922. The fourth-order valence-electron chi connectivity index (χ4n) is 3.93. The van der Waals surface area contributed by atoms with Crippen molar-refractivity contribution in [3.8, 4) is 5.75 Å². The number of rotatable bonds is 6. The van der Waals surface area contributed by atoms with Gasteiger partial charge in [-0.1, -0.05) is 42.8 Å². The fraction of sp³-hybridized carbons (Fsp3) is 0.259. The van der Waals surface area contributed by atoms with E-state index in [1.807, 2.05) is 29.2 Å². The summed E-state index contributed by atoms with van der Waals surface area (Å²) < 4.78 is 18.9. The van der Waals surface area contributed by atoms with Gasteiger partial charge in [0.1, 0.15) is 11.6 Å². The van der Waals surface area contributed by atoms with Crippen LogP contribution in [0.2, 0.25) is 0 Å². The van der Waals surface area contributed by atoms with E-state index in [1.54, 1.807) is 30.6 Å². The molecule has 1 N–H and O–H groups in total. The van der Waals surface area contributed by atoms with Crippen LogP contribution in [0.4, 0.5) is 14.9 Å². The molecule has 1 unspecified atom stereocenters. The van der Waals surface area contributed by atoms with Gasteiger partial charge in [0, 0.05) is 25.7 Å². The summed E-state index contributed by atoms with van der Waals surface area (Å²) >= 11 is 0. The van der Waals surface area contributed by atoms with Crippen LogP contribution >= 0.6 is 0 Å². The van der Waals surface area contributed by atoms with Gasteiger partial charge in [-0.15, -0.1) is 0 Å². The topological polar surface area (TPSA) is 54.5 Å². The van der Waals surface area contributed by atoms with Gasteiger partial charge in [0.05, 0.1) is 18.5 Å². The molecule has 2 amide bonds. The Bertz CT molecular complexity index is 1100. The van der Waals surface area contributed by atoms with E-state index in [9.17, 15) is 9.18 Å². The van der Waals surface area contributed by atoms with E-state index < -0.39 is 0 Å². The van der Waals surface area contributed by atoms with Gasteiger partial charge in [0.15, 0.2) is 0 Å². The summed E-state index contributed by atoms with van der Waals surface area (Å²) in [6.45, 7) is 4.03. The Labute approximate surface area is 193 Å². The number of amides is 2. The van der Waals surface area contributed by atoms with Crippen LogP contribution in [0.1, 0.15) is 24.5 Å². The van der Waals surface area contributed by atoms with E-state index in [-0.39, 0.29) is 17.8 Å². The predicted octanol–water partition coefficient (Wildman–Crippen LogP) is 5.80. The second-order valence-electron chi connectivity index (χ2n) is 8.29. The molecule has 2 heterocycles. The highest BCUT2D eigenvalue weighted by Crippen LogP contribution is 2.26. The Balaban J connectivity index is 1.31. The fourth-order valence-corrected chi connectivity index (χ4v) is 3.93. The molecule has 170 valence electrons. The Hall–Kier alpha value is -3.67. The van der Waals surface area contributed by atoms with Crippen molar-refractivity contribution < 1.29 is 13.9 Å². The summed E-state index contributed by atoms with van der Waals surface area (Å²) in [7, 11) is 0. The number of likely N-dealkylation sites (tertiary alicyclic amines) is 1. The van der Waals surface area contributed by atoms with E-state index in [0.717, 1.165) is 29.7 Å². The van der Waals surface area contributed by atoms with Gasteiger partial charge in [-0.3, -0.25) is 4.98 Å². The highest BCUT2D eigenvalue weighted by Gasteiger charge is 2.24. The normalized spacial score (nSPS) is 17.1. The second kappa shape index (κ2) is 10.8. The van der Waals surface area contributed by atoms with Crippen LogP contribution in [0, 0.1) is 11.7 Å². The van der Waals surface area contributed by atoms with E-state index in [4.69, 9.17) is 4.74 Å². The minimum Gasteiger partial charge on any atom is -0.493 e. The number of ether oxygens (including phenoxy) is 1. The zero-order valence-corrected chi connectivity index (χ0v) is 18.7. The number of halogens is 1. The Morgan fingerprint density at radius 3 is 2.82 bits per heavy atom. The number of nitrogens with one attached hydrogen (secondary N) is 1. The molecule has 1 aliphatic heterocycles. The summed E-state index contributed by atoms with van der Waals surface area (Å²) in [5.74, 6) is 0.850. The minimum atomic E-state index is -0.227. The van der Waals surface area contributed by atoms with Crippen molar-refractivity contribution in [1.29, 1.82) is 0 Å². The second-order valence-corrected chi connectivity index (χ2v) is 8.29. The van der Waals surface area contributed by atoms with Gasteiger partial charge in [-0.25, -0.2) is 9.18 Å². The molecule has 0 bridgehead atoms. The molecule has 1 aliphatic rings. The third kappa shape index (κ3) is 6.42. The number of benzene rings is 2. The van der Waals surface area contributed by atoms with Crippen molar-refractivity contribution in [2.45, 2.75) is 19.8 Å². The molecule has 2 aromatic carbocycles. The summed E-state index contributed by atoms with van der Waals surface area (Å²) in [5, 5.41) is 2.91. The van der Waals surface area contributed by atoms with Gasteiger partial charge in [0.2, 0.25) is 0 Å². The van der Waals surface area contributed by atoms with Gasteiger partial charge in [0.25, 0.3) is 0 Å². The third-order valence-electron chi connectivity index (χ3n) is 5.78. The molecule has 1 fully saturated rings. The summed E-state index contributed by atoms with van der Waals surface area (Å²) in [6, 6.07) is 18.1. The van der Waals surface area contributed by atoms with E-state index in [0.29, 0.717) is 25.4 Å². The quantitative estimate of drug-likeness (QED) is 0.522. The number of urea groups is 1. The number of hydrogen-bond donors (Lipinski definition) is 1. The SMILES string of the molecule is CC1CN(C(=O)Nc2cccnc2)CCC1=Cc1cccc(OCCc2ccc(F)cc2)c1. The molecule has 0 aliphatic carbocycles. The molecule has 1 atom stereocenters. The van der Waals surface area contributed by atoms with Crippen molar-refractivity contribution in [2.24, 2.45) is 5.92 Å². The largest absolute Gasteiger partial charge is 0.493 e. The number of hydrogen-bond acceptors (Lipinski definition) is 3. The molecule has 33 heavy (non-hydrogen) atoms. The smallest absolute Gasteiger partial charge is 0.321 e. The van der Waals surface area contributed by atoms with Crippen molar-refractivity contribution in [3.63, 3.8) is 0 Å². The molecule has 5 nitrogen and oxygen atoms in total. The zero-order valence-electron chi connectivity index (χ0n) is 18.7. The number of carbonyl (C=O) groups is 1. The van der Waals surface area contributed by atoms with Crippen molar-refractivity contribution in [2.75, 3.05) is 25.0 Å². The van der Waals surface area contributed by atoms with E-state index in [1.165, 1.54) is 17.7 Å². The monoisotopic (exact) mass is 445 g/mol. The lowest BCUT2D eigenvalue weighted by molar-refractivity contribution is 0.198. The Kier molecular flexibility index (Phi) is 7.35. The van der Waals surface area contributed by atoms with Crippen molar-refractivity contribution in [1.82, 2.24) is 9.88 Å². The Morgan fingerprint density at radius 1 is 1.21 bits per heavy atom. The standard InChI is InChI=1S/C27H28FN3O2/c1-20-19-31(27(32)30-25-5-3-13-29-18-25)14-11-23(20)16-22-4-2-6-26(17-22)33-15-12-21-7-9-24(28)10-8-21/h2-10,13,16-18,20H,11-12,14-15,19H2,1H3,(H,30,32). The lowest BCUT2D eigenvalue weighted by Gasteiger charge is -2.33. The van der Waals surface area contributed by atoms with Gasteiger partial charge in [-0.05, 0) is 59.9 Å². The molecule has 0 radical (unpaired) electrons. The van der Waals surface area contributed by atoms with Crippen LogP contribution < -0.4 is 10.1 Å². The first kappa shape index (κ1) is 22.5. The van der Waals surface area contributed by atoms with Gasteiger partial charge >= 0.3 is 6.03 Å². The molecule has 0 spiro atoms. The average molecular weight is 446 g/mol. The van der Waals surface area contributed by atoms with Crippen LogP contribution in [0.15, 0.2) is 78.6 Å². The first-order chi connectivity index (χ1) is 16.1. The number of pyridine rings is 1. The van der Waals surface area contributed by atoms with Crippen LogP contribution in [0.3, 0.4) is 0 Å². The summed E-state index contributed by atoms with van der Waals surface area (Å²) in [5.41, 5.74) is 4.16. The Morgan fingerprint density at radius 2 is 2.06 bits per heavy atom. The molecular formula is C27H28FN3O2. The lowest BCUT2D eigenvalue weighted by atomic mass is 9.91. The highest BCUT2D eigenvalue weighted by molar-refractivity contribution is 5.89. The van der Waals surface area contributed by atoms with E-state index >= 15 is 0 Å². The molecule has 0 saturated carbocycles. The van der Waals surface area contributed by atoms with Crippen LogP contribution in [0.5, 0.6) is 5.75 Å².